The summed E-state index contributed by atoms with van der Waals surface area (Å²) in [6.07, 6.45) is 3.95. The SMILES string of the molecule is C=CCC1CC[C@@H](CO)N1C(=O)OC(C)(C)C. The van der Waals surface area contributed by atoms with Gasteiger partial charge in [0.2, 0.25) is 0 Å². The minimum absolute atomic E-state index is 0.00706. The van der Waals surface area contributed by atoms with Crippen LogP contribution in [0.3, 0.4) is 0 Å². The van der Waals surface area contributed by atoms with E-state index in [9.17, 15) is 9.90 Å². The lowest BCUT2D eigenvalue weighted by Crippen LogP contribution is -2.45. The van der Waals surface area contributed by atoms with E-state index >= 15 is 0 Å². The van der Waals surface area contributed by atoms with Crippen molar-refractivity contribution in [1.82, 2.24) is 4.90 Å². The molecular weight excluding hydrogens is 218 g/mol. The van der Waals surface area contributed by atoms with Crippen molar-refractivity contribution in [3.8, 4) is 0 Å². The van der Waals surface area contributed by atoms with E-state index in [2.05, 4.69) is 6.58 Å². The van der Waals surface area contributed by atoms with E-state index in [1.54, 1.807) is 4.90 Å². The van der Waals surface area contributed by atoms with Crippen molar-refractivity contribution in [3.05, 3.63) is 12.7 Å². The molecule has 0 spiro atoms. The maximum atomic E-state index is 12.1. The molecule has 0 aliphatic carbocycles. The smallest absolute Gasteiger partial charge is 0.410 e. The largest absolute Gasteiger partial charge is 0.444 e. The van der Waals surface area contributed by atoms with Crippen molar-refractivity contribution in [2.24, 2.45) is 0 Å². The lowest BCUT2D eigenvalue weighted by Gasteiger charge is -2.31. The van der Waals surface area contributed by atoms with Crippen molar-refractivity contribution in [3.63, 3.8) is 0 Å². The summed E-state index contributed by atoms with van der Waals surface area (Å²) in [5.41, 5.74) is -0.502. The Bertz CT molecular complexity index is 283. The zero-order chi connectivity index (χ0) is 13.1. The molecule has 0 bridgehead atoms. The molecule has 1 rings (SSSR count). The molecule has 0 radical (unpaired) electrons. The number of aliphatic hydroxyl groups is 1. The summed E-state index contributed by atoms with van der Waals surface area (Å²) in [5, 5.41) is 9.29. The molecule has 1 saturated heterocycles. The Hall–Kier alpha value is -1.03. The number of carbonyl (C=O) groups is 1. The van der Waals surface area contributed by atoms with Gasteiger partial charge in [-0.25, -0.2) is 4.79 Å². The third-order valence-corrected chi connectivity index (χ3v) is 2.87. The van der Waals surface area contributed by atoms with Gasteiger partial charge in [0, 0.05) is 6.04 Å². The summed E-state index contributed by atoms with van der Waals surface area (Å²) in [6, 6.07) is -0.00528. The van der Waals surface area contributed by atoms with Gasteiger partial charge in [0.1, 0.15) is 5.60 Å². The lowest BCUT2D eigenvalue weighted by atomic mass is 10.1. The van der Waals surface area contributed by atoms with E-state index in [4.69, 9.17) is 4.74 Å². The number of ether oxygens (including phenoxy) is 1. The van der Waals surface area contributed by atoms with Crippen LogP contribution >= 0.6 is 0 Å². The molecule has 0 aromatic heterocycles. The quantitative estimate of drug-likeness (QED) is 0.771. The molecule has 1 heterocycles. The fourth-order valence-corrected chi connectivity index (χ4v) is 2.18. The molecule has 98 valence electrons. The number of likely N-dealkylation sites (tertiary alicyclic amines) is 1. The van der Waals surface area contributed by atoms with Gasteiger partial charge in [0.25, 0.3) is 0 Å². The van der Waals surface area contributed by atoms with Crippen molar-refractivity contribution >= 4 is 6.09 Å². The Labute approximate surface area is 103 Å². The van der Waals surface area contributed by atoms with Crippen LogP contribution in [0.1, 0.15) is 40.0 Å². The van der Waals surface area contributed by atoms with Crippen LogP contribution in [-0.4, -0.2) is 40.4 Å². The maximum Gasteiger partial charge on any atom is 0.410 e. The number of aliphatic hydroxyl groups excluding tert-OH is 1. The second-order valence-electron chi connectivity index (χ2n) is 5.48. The molecule has 0 aromatic rings. The Morgan fingerprint density at radius 1 is 1.47 bits per heavy atom. The summed E-state index contributed by atoms with van der Waals surface area (Å²) in [7, 11) is 0. The van der Waals surface area contributed by atoms with Gasteiger partial charge in [-0.05, 0) is 40.0 Å². The van der Waals surface area contributed by atoms with Gasteiger partial charge in [-0.1, -0.05) is 6.08 Å². The van der Waals surface area contributed by atoms with Gasteiger partial charge in [0.15, 0.2) is 0 Å². The van der Waals surface area contributed by atoms with E-state index in [-0.39, 0.29) is 24.8 Å². The van der Waals surface area contributed by atoms with Gasteiger partial charge < -0.3 is 9.84 Å². The Morgan fingerprint density at radius 2 is 2.06 bits per heavy atom. The third kappa shape index (κ3) is 3.73. The summed E-state index contributed by atoms with van der Waals surface area (Å²) in [4.78, 5) is 13.7. The minimum atomic E-state index is -0.502. The number of rotatable bonds is 3. The molecule has 1 amide bonds. The normalized spacial score (nSPS) is 24.8. The van der Waals surface area contributed by atoms with Crippen LogP contribution < -0.4 is 0 Å². The first-order chi connectivity index (χ1) is 7.89. The summed E-state index contributed by atoms with van der Waals surface area (Å²) >= 11 is 0. The predicted molar refractivity (Wildman–Crippen MR) is 66.8 cm³/mol. The molecule has 1 aliphatic heterocycles. The van der Waals surface area contributed by atoms with E-state index in [0.717, 1.165) is 19.3 Å². The topological polar surface area (TPSA) is 49.8 Å². The van der Waals surface area contributed by atoms with Crippen LogP contribution in [0, 0.1) is 0 Å². The van der Waals surface area contributed by atoms with Crippen LogP contribution in [0.5, 0.6) is 0 Å². The van der Waals surface area contributed by atoms with Gasteiger partial charge in [0.05, 0.1) is 12.6 Å². The fraction of sp³-hybridized carbons (Fsp3) is 0.769. The lowest BCUT2D eigenvalue weighted by molar-refractivity contribution is 0.00922. The summed E-state index contributed by atoms with van der Waals surface area (Å²) < 4.78 is 5.37. The number of hydrogen-bond donors (Lipinski definition) is 1. The van der Waals surface area contributed by atoms with Gasteiger partial charge >= 0.3 is 6.09 Å². The molecule has 17 heavy (non-hydrogen) atoms. The van der Waals surface area contributed by atoms with Crippen LogP contribution in [0.25, 0.3) is 0 Å². The average molecular weight is 241 g/mol. The number of nitrogens with zero attached hydrogens (tertiary/aromatic N) is 1. The zero-order valence-electron chi connectivity index (χ0n) is 11.0. The predicted octanol–water partition coefficient (Wildman–Crippen LogP) is 2.32. The van der Waals surface area contributed by atoms with Crippen LogP contribution in [0.2, 0.25) is 0 Å². The molecule has 4 heteroatoms. The van der Waals surface area contributed by atoms with Crippen LogP contribution in [0.4, 0.5) is 4.79 Å². The molecule has 1 N–H and O–H groups in total. The van der Waals surface area contributed by atoms with Gasteiger partial charge in [-0.2, -0.15) is 0 Å². The fourth-order valence-electron chi connectivity index (χ4n) is 2.18. The third-order valence-electron chi connectivity index (χ3n) is 2.87. The first kappa shape index (κ1) is 14.0. The van der Waals surface area contributed by atoms with E-state index in [0.29, 0.717) is 0 Å². The first-order valence-corrected chi connectivity index (χ1v) is 6.12. The maximum absolute atomic E-state index is 12.1. The monoisotopic (exact) mass is 241 g/mol. The molecule has 2 atom stereocenters. The molecule has 0 aromatic carbocycles. The summed E-state index contributed by atoms with van der Waals surface area (Å²) in [6.45, 7) is 9.23. The number of amides is 1. The minimum Gasteiger partial charge on any atom is -0.444 e. The number of carbonyl (C=O) groups excluding carboxylic acids is 1. The molecule has 1 aliphatic rings. The second kappa shape index (κ2) is 5.54. The van der Waals surface area contributed by atoms with E-state index < -0.39 is 5.60 Å². The van der Waals surface area contributed by atoms with Gasteiger partial charge in [-0.15, -0.1) is 6.58 Å². The second-order valence-corrected chi connectivity index (χ2v) is 5.48. The molecule has 1 fully saturated rings. The van der Waals surface area contributed by atoms with E-state index in [1.165, 1.54) is 0 Å². The number of hydrogen-bond acceptors (Lipinski definition) is 3. The Kier molecular flexibility index (Phi) is 4.57. The van der Waals surface area contributed by atoms with Crippen LogP contribution in [0.15, 0.2) is 12.7 Å². The Balaban J connectivity index is 2.74. The van der Waals surface area contributed by atoms with Crippen molar-refractivity contribution < 1.29 is 14.6 Å². The average Bonchev–Trinajstić information content (AvgIpc) is 2.58. The van der Waals surface area contributed by atoms with Crippen LogP contribution in [-0.2, 0) is 4.74 Å². The van der Waals surface area contributed by atoms with Crippen molar-refractivity contribution in [1.29, 1.82) is 0 Å². The molecular formula is C13H23NO3. The highest BCUT2D eigenvalue weighted by atomic mass is 16.6. The van der Waals surface area contributed by atoms with E-state index in [1.807, 2.05) is 26.8 Å². The molecule has 4 nitrogen and oxygen atoms in total. The standard InChI is InChI=1S/C13H23NO3/c1-5-6-10-7-8-11(9-15)14(10)12(16)17-13(2,3)4/h5,10-11,15H,1,6-9H2,2-4H3/t10?,11-/m0/s1. The molecule has 1 unspecified atom stereocenters. The zero-order valence-corrected chi connectivity index (χ0v) is 11.0. The highest BCUT2D eigenvalue weighted by Crippen LogP contribution is 2.28. The van der Waals surface area contributed by atoms with Gasteiger partial charge in [-0.3, -0.25) is 4.90 Å². The molecule has 0 saturated carbocycles. The highest BCUT2D eigenvalue weighted by Gasteiger charge is 2.38. The first-order valence-electron chi connectivity index (χ1n) is 6.12. The van der Waals surface area contributed by atoms with Crippen molar-refractivity contribution in [2.45, 2.75) is 57.7 Å². The Morgan fingerprint density at radius 3 is 2.53 bits per heavy atom. The highest BCUT2D eigenvalue weighted by molar-refractivity contribution is 5.69. The van der Waals surface area contributed by atoms with Crippen molar-refractivity contribution in [2.75, 3.05) is 6.61 Å². The summed E-state index contributed by atoms with van der Waals surface area (Å²) in [5.74, 6) is 0.